The van der Waals surface area contributed by atoms with Gasteiger partial charge in [-0.3, -0.25) is 19.8 Å². The molecule has 1 fully saturated rings. The highest BCUT2D eigenvalue weighted by molar-refractivity contribution is 5.73. The average Bonchev–Trinajstić information content (AvgIpc) is 2.39. The maximum absolute atomic E-state index is 11.2. The second-order valence-corrected chi connectivity index (χ2v) is 4.71. The summed E-state index contributed by atoms with van der Waals surface area (Å²) >= 11 is 0. The van der Waals surface area contributed by atoms with Crippen LogP contribution in [-0.4, -0.2) is 33.5 Å². The molecule has 19 heavy (non-hydrogen) atoms. The zero-order valence-corrected chi connectivity index (χ0v) is 10.5. The van der Waals surface area contributed by atoms with Crippen molar-refractivity contribution in [3.63, 3.8) is 0 Å². The van der Waals surface area contributed by atoms with Crippen LogP contribution in [0, 0.1) is 10.1 Å². The molecule has 1 aliphatic rings. The van der Waals surface area contributed by atoms with E-state index in [4.69, 9.17) is 0 Å². The molecule has 1 aliphatic heterocycles. The Kier molecular flexibility index (Phi) is 4.11. The van der Waals surface area contributed by atoms with Gasteiger partial charge in [0.05, 0.1) is 4.92 Å². The van der Waals surface area contributed by atoms with E-state index in [1.54, 1.807) is 18.2 Å². The van der Waals surface area contributed by atoms with E-state index in [9.17, 15) is 20.0 Å². The molecule has 0 aliphatic carbocycles. The highest BCUT2D eigenvalue weighted by atomic mass is 16.6. The van der Waals surface area contributed by atoms with Gasteiger partial charge in [0.15, 0.2) is 0 Å². The van der Waals surface area contributed by atoms with Gasteiger partial charge in [-0.2, -0.15) is 0 Å². The summed E-state index contributed by atoms with van der Waals surface area (Å²) in [7, 11) is 0. The molecule has 1 aromatic rings. The van der Waals surface area contributed by atoms with E-state index in [0.29, 0.717) is 25.1 Å². The van der Waals surface area contributed by atoms with Crippen LogP contribution in [-0.2, 0) is 11.3 Å². The maximum atomic E-state index is 11.2. The maximum Gasteiger partial charge on any atom is 0.320 e. The van der Waals surface area contributed by atoms with Crippen LogP contribution < -0.4 is 0 Å². The minimum absolute atomic E-state index is 0.0530. The Bertz CT molecular complexity index is 489. The Morgan fingerprint density at radius 3 is 2.84 bits per heavy atom. The number of nitro benzene ring substituents is 1. The third kappa shape index (κ3) is 3.08. The van der Waals surface area contributed by atoms with Gasteiger partial charge < -0.3 is 5.11 Å². The number of nitro groups is 1. The summed E-state index contributed by atoms with van der Waals surface area (Å²) in [6.45, 7) is 0.983. The van der Waals surface area contributed by atoms with Gasteiger partial charge in [0, 0.05) is 18.2 Å². The van der Waals surface area contributed by atoms with Crippen molar-refractivity contribution in [2.75, 3.05) is 6.54 Å². The predicted molar refractivity (Wildman–Crippen MR) is 68.8 cm³/mol. The molecule has 102 valence electrons. The lowest BCUT2D eigenvalue weighted by Gasteiger charge is -2.32. The fourth-order valence-electron chi connectivity index (χ4n) is 2.50. The summed E-state index contributed by atoms with van der Waals surface area (Å²) in [6.07, 6.45) is 2.44. The van der Waals surface area contributed by atoms with Gasteiger partial charge in [-0.05, 0) is 19.4 Å². The molecule has 2 rings (SSSR count). The molecule has 1 aromatic carbocycles. The molecule has 6 heteroatoms. The molecular formula is C13H16N2O4. The Morgan fingerprint density at radius 2 is 2.16 bits per heavy atom. The molecule has 6 nitrogen and oxygen atoms in total. The quantitative estimate of drug-likeness (QED) is 0.664. The van der Waals surface area contributed by atoms with Crippen molar-refractivity contribution < 1.29 is 14.8 Å². The highest BCUT2D eigenvalue weighted by Crippen LogP contribution is 2.24. The van der Waals surface area contributed by atoms with Crippen molar-refractivity contribution >= 4 is 11.7 Å². The fraction of sp³-hybridized carbons (Fsp3) is 0.462. The molecule has 0 bridgehead atoms. The van der Waals surface area contributed by atoms with Crippen LogP contribution in [0.4, 0.5) is 5.69 Å². The van der Waals surface area contributed by atoms with Gasteiger partial charge in [0.2, 0.25) is 0 Å². The van der Waals surface area contributed by atoms with Gasteiger partial charge >= 0.3 is 5.97 Å². The van der Waals surface area contributed by atoms with Crippen molar-refractivity contribution in [1.29, 1.82) is 0 Å². The molecule has 1 atom stereocenters. The van der Waals surface area contributed by atoms with Crippen molar-refractivity contribution in [2.24, 2.45) is 0 Å². The lowest BCUT2D eigenvalue weighted by molar-refractivity contribution is -0.385. The number of nitrogens with zero attached hydrogens (tertiary/aromatic N) is 2. The Balaban J connectivity index is 2.19. The SMILES string of the molecule is O=C(O)C1CCCCN1Cc1ccccc1[N+](=O)[O-]. The van der Waals surface area contributed by atoms with Gasteiger partial charge in [-0.1, -0.05) is 24.6 Å². The first-order valence-electron chi connectivity index (χ1n) is 6.28. The lowest BCUT2D eigenvalue weighted by Crippen LogP contribution is -2.44. The third-order valence-corrected chi connectivity index (χ3v) is 3.46. The van der Waals surface area contributed by atoms with E-state index in [-0.39, 0.29) is 5.69 Å². The average molecular weight is 264 g/mol. The highest BCUT2D eigenvalue weighted by Gasteiger charge is 2.29. The fourth-order valence-corrected chi connectivity index (χ4v) is 2.50. The van der Waals surface area contributed by atoms with Crippen molar-refractivity contribution in [3.8, 4) is 0 Å². The molecule has 1 heterocycles. The number of benzene rings is 1. The van der Waals surface area contributed by atoms with Crippen molar-refractivity contribution in [3.05, 3.63) is 39.9 Å². The van der Waals surface area contributed by atoms with E-state index in [2.05, 4.69) is 0 Å². The van der Waals surface area contributed by atoms with Crippen LogP contribution in [0.15, 0.2) is 24.3 Å². The molecular weight excluding hydrogens is 248 g/mol. The van der Waals surface area contributed by atoms with Gasteiger partial charge in [0.1, 0.15) is 6.04 Å². The number of carboxylic acid groups (broad SMARTS) is 1. The minimum atomic E-state index is -0.849. The van der Waals surface area contributed by atoms with Crippen LogP contribution in [0.3, 0.4) is 0 Å². The summed E-state index contributed by atoms with van der Waals surface area (Å²) in [6, 6.07) is 5.96. The number of hydrogen-bond acceptors (Lipinski definition) is 4. The molecule has 0 radical (unpaired) electrons. The molecule has 1 saturated heterocycles. The van der Waals surface area contributed by atoms with Crippen molar-refractivity contribution in [2.45, 2.75) is 31.8 Å². The first-order valence-corrected chi connectivity index (χ1v) is 6.28. The summed E-state index contributed by atoms with van der Waals surface area (Å²) in [5.41, 5.74) is 0.623. The zero-order chi connectivity index (χ0) is 13.8. The number of para-hydroxylation sites is 1. The molecule has 1 N–H and O–H groups in total. The lowest BCUT2D eigenvalue weighted by atomic mass is 10.0. The topological polar surface area (TPSA) is 83.7 Å². The second kappa shape index (κ2) is 5.79. The largest absolute Gasteiger partial charge is 0.480 e. The van der Waals surface area contributed by atoms with E-state index in [1.165, 1.54) is 6.07 Å². The predicted octanol–water partition coefficient (Wildman–Crippen LogP) is 2.03. The second-order valence-electron chi connectivity index (χ2n) is 4.71. The van der Waals surface area contributed by atoms with Crippen molar-refractivity contribution in [1.82, 2.24) is 4.90 Å². The van der Waals surface area contributed by atoms with E-state index >= 15 is 0 Å². The Morgan fingerprint density at radius 1 is 1.42 bits per heavy atom. The van der Waals surface area contributed by atoms with Gasteiger partial charge in [0.25, 0.3) is 5.69 Å². The van der Waals surface area contributed by atoms with Crippen LogP contribution in [0.2, 0.25) is 0 Å². The standard InChI is InChI=1S/C13H16N2O4/c16-13(17)12-7-3-4-8-14(12)9-10-5-1-2-6-11(10)15(18)19/h1-2,5-6,12H,3-4,7-9H2,(H,16,17). The number of rotatable bonds is 4. The molecule has 0 aromatic heterocycles. The van der Waals surface area contributed by atoms with Gasteiger partial charge in [-0.15, -0.1) is 0 Å². The van der Waals surface area contributed by atoms with Crippen LogP contribution in [0.1, 0.15) is 24.8 Å². The molecule has 0 amide bonds. The van der Waals surface area contributed by atoms with Gasteiger partial charge in [-0.25, -0.2) is 0 Å². The molecule has 0 spiro atoms. The number of likely N-dealkylation sites (tertiary alicyclic amines) is 1. The number of piperidine rings is 1. The first kappa shape index (κ1) is 13.5. The smallest absolute Gasteiger partial charge is 0.320 e. The van der Waals surface area contributed by atoms with E-state index in [0.717, 1.165) is 12.8 Å². The summed E-state index contributed by atoms with van der Waals surface area (Å²) in [5.74, 6) is -0.849. The van der Waals surface area contributed by atoms with E-state index in [1.807, 2.05) is 4.90 Å². The monoisotopic (exact) mass is 264 g/mol. The Hall–Kier alpha value is -1.95. The number of carbonyl (C=O) groups is 1. The third-order valence-electron chi connectivity index (χ3n) is 3.46. The minimum Gasteiger partial charge on any atom is -0.480 e. The first-order chi connectivity index (χ1) is 9.09. The number of hydrogen-bond donors (Lipinski definition) is 1. The summed E-state index contributed by atoms with van der Waals surface area (Å²) in [4.78, 5) is 23.5. The van der Waals surface area contributed by atoms with Crippen LogP contribution in [0.5, 0.6) is 0 Å². The van der Waals surface area contributed by atoms with E-state index < -0.39 is 16.9 Å². The van der Waals surface area contributed by atoms with Crippen LogP contribution >= 0.6 is 0 Å². The summed E-state index contributed by atoms with van der Waals surface area (Å²) < 4.78 is 0. The normalized spacial score (nSPS) is 20.1. The Labute approximate surface area is 110 Å². The van der Waals surface area contributed by atoms with Crippen LogP contribution in [0.25, 0.3) is 0 Å². The molecule has 1 unspecified atom stereocenters. The number of carboxylic acids is 1. The number of aliphatic carboxylic acids is 1. The molecule has 0 saturated carbocycles. The summed E-state index contributed by atoms with van der Waals surface area (Å²) in [5, 5.41) is 20.1. The zero-order valence-electron chi connectivity index (χ0n) is 10.5.